The highest BCUT2D eigenvalue weighted by Crippen LogP contribution is 2.48. The molecule has 6 rings (SSSR count). The maximum Gasteiger partial charge on any atom is 0.314 e. The van der Waals surface area contributed by atoms with Crippen molar-refractivity contribution >= 4 is 5.97 Å². The lowest BCUT2D eigenvalue weighted by Gasteiger charge is -2.11. The molecule has 0 saturated heterocycles. The molecule has 1 saturated carbocycles. The van der Waals surface area contributed by atoms with E-state index in [1.165, 1.54) is 16.7 Å². The van der Waals surface area contributed by atoms with Gasteiger partial charge in [0.2, 0.25) is 0 Å². The van der Waals surface area contributed by atoms with Crippen molar-refractivity contribution in [3.8, 4) is 22.5 Å². The van der Waals surface area contributed by atoms with E-state index < -0.39 is 11.4 Å². The average molecular weight is 450 g/mol. The van der Waals surface area contributed by atoms with Crippen LogP contribution in [0, 0.1) is 12.8 Å². The third-order valence-electron chi connectivity index (χ3n) is 7.69. The van der Waals surface area contributed by atoms with Crippen LogP contribution in [-0.2, 0) is 29.5 Å². The number of carboxylic acids is 1. The molecule has 4 aromatic rings. The Bertz CT molecular complexity index is 1340. The number of hydrogen-bond donors (Lipinski definition) is 1. The zero-order valence-corrected chi connectivity index (χ0v) is 19.3. The van der Waals surface area contributed by atoms with E-state index in [4.69, 9.17) is 4.52 Å². The van der Waals surface area contributed by atoms with Crippen molar-refractivity contribution < 1.29 is 14.4 Å². The Morgan fingerprint density at radius 1 is 0.912 bits per heavy atom. The first-order valence-electron chi connectivity index (χ1n) is 12.0. The van der Waals surface area contributed by atoms with Gasteiger partial charge in [-0.3, -0.25) is 4.79 Å². The monoisotopic (exact) mass is 449 g/mol. The standard InChI is InChI=1S/C30H27NO3/c1-19-27(18-20-16-24-4-2-3-5-25(24)17-20)28(34-31-19)23-8-6-21(7-9-23)22-10-12-26(13-11-22)30(14-15-30)29(32)33/h2-13,20H,14-18H2,1H3,(H,32,33). The minimum atomic E-state index is -0.718. The normalized spacial score (nSPS) is 16.4. The molecule has 0 spiro atoms. The van der Waals surface area contributed by atoms with E-state index in [9.17, 15) is 9.90 Å². The van der Waals surface area contributed by atoms with E-state index in [0.717, 1.165) is 65.8 Å². The third-order valence-corrected chi connectivity index (χ3v) is 7.69. The van der Waals surface area contributed by atoms with Crippen LogP contribution in [0.15, 0.2) is 77.3 Å². The fourth-order valence-corrected chi connectivity index (χ4v) is 5.49. The first-order chi connectivity index (χ1) is 16.5. The summed E-state index contributed by atoms with van der Waals surface area (Å²) in [6, 6.07) is 25.1. The summed E-state index contributed by atoms with van der Waals surface area (Å²) in [5.74, 6) is 0.726. The first kappa shape index (κ1) is 20.9. The van der Waals surface area contributed by atoms with Gasteiger partial charge in [0.05, 0.1) is 11.1 Å². The lowest BCUT2D eigenvalue weighted by Crippen LogP contribution is -2.19. The summed E-state index contributed by atoms with van der Waals surface area (Å²) in [5, 5.41) is 13.8. The fraction of sp³-hybridized carbons (Fsp3) is 0.267. The van der Waals surface area contributed by atoms with E-state index in [2.05, 4.69) is 53.7 Å². The number of hydrogen-bond acceptors (Lipinski definition) is 3. The number of aromatic nitrogens is 1. The van der Waals surface area contributed by atoms with E-state index in [1.807, 2.05) is 31.2 Å². The Hall–Kier alpha value is -3.66. The fourth-order valence-electron chi connectivity index (χ4n) is 5.49. The summed E-state index contributed by atoms with van der Waals surface area (Å²) in [7, 11) is 0. The van der Waals surface area contributed by atoms with Crippen molar-refractivity contribution in [2.45, 2.75) is 44.4 Å². The van der Waals surface area contributed by atoms with Crippen molar-refractivity contribution in [1.82, 2.24) is 5.16 Å². The molecule has 4 heteroatoms. The minimum absolute atomic E-state index is 0.576. The highest BCUT2D eigenvalue weighted by Gasteiger charge is 2.51. The largest absolute Gasteiger partial charge is 0.481 e. The minimum Gasteiger partial charge on any atom is -0.481 e. The number of aryl methyl sites for hydroxylation is 1. The maximum absolute atomic E-state index is 11.6. The van der Waals surface area contributed by atoms with E-state index in [-0.39, 0.29) is 0 Å². The molecule has 0 amide bonds. The Balaban J connectivity index is 1.21. The molecule has 0 aliphatic heterocycles. The van der Waals surface area contributed by atoms with Crippen molar-refractivity contribution in [2.75, 3.05) is 0 Å². The first-order valence-corrected chi connectivity index (χ1v) is 12.0. The van der Waals surface area contributed by atoms with Gasteiger partial charge in [-0.2, -0.15) is 0 Å². The predicted octanol–water partition coefficient (Wildman–Crippen LogP) is 6.39. The summed E-state index contributed by atoms with van der Waals surface area (Å²) in [6.45, 7) is 2.03. The average Bonchev–Trinajstić information content (AvgIpc) is 3.46. The van der Waals surface area contributed by atoms with Crippen LogP contribution in [0.5, 0.6) is 0 Å². The number of carbonyl (C=O) groups is 1. The topological polar surface area (TPSA) is 63.3 Å². The second kappa shape index (κ2) is 7.98. The third kappa shape index (κ3) is 3.54. The molecule has 2 aliphatic carbocycles. The van der Waals surface area contributed by atoms with Gasteiger partial charge < -0.3 is 9.63 Å². The molecule has 0 radical (unpaired) electrons. The smallest absolute Gasteiger partial charge is 0.314 e. The lowest BCUT2D eigenvalue weighted by molar-refractivity contribution is -0.140. The number of benzene rings is 3. The van der Waals surface area contributed by atoms with Gasteiger partial charge in [0, 0.05) is 11.1 Å². The van der Waals surface area contributed by atoms with Crippen LogP contribution in [0.3, 0.4) is 0 Å². The molecule has 34 heavy (non-hydrogen) atoms. The summed E-state index contributed by atoms with van der Waals surface area (Å²) < 4.78 is 5.79. The molecule has 1 fully saturated rings. The van der Waals surface area contributed by atoms with Crippen LogP contribution in [0.1, 0.15) is 40.8 Å². The Labute approximate surface area is 199 Å². The van der Waals surface area contributed by atoms with Crippen molar-refractivity contribution in [3.63, 3.8) is 0 Å². The van der Waals surface area contributed by atoms with Crippen LogP contribution in [0.4, 0.5) is 0 Å². The molecule has 1 aromatic heterocycles. The van der Waals surface area contributed by atoms with E-state index >= 15 is 0 Å². The van der Waals surface area contributed by atoms with Gasteiger partial charge in [-0.1, -0.05) is 78.0 Å². The Morgan fingerprint density at radius 2 is 1.47 bits per heavy atom. The van der Waals surface area contributed by atoms with Crippen LogP contribution in [-0.4, -0.2) is 16.2 Å². The number of carboxylic acid groups (broad SMARTS) is 1. The number of fused-ring (bicyclic) bond motifs is 1. The maximum atomic E-state index is 11.6. The molecule has 0 bridgehead atoms. The molecule has 170 valence electrons. The highest BCUT2D eigenvalue weighted by molar-refractivity contribution is 5.85. The molecule has 3 aromatic carbocycles. The van der Waals surface area contributed by atoms with Gasteiger partial charge in [-0.05, 0) is 72.8 Å². The van der Waals surface area contributed by atoms with Gasteiger partial charge in [-0.25, -0.2) is 0 Å². The molecule has 0 atom stereocenters. The summed E-state index contributed by atoms with van der Waals surface area (Å²) >= 11 is 0. The summed E-state index contributed by atoms with van der Waals surface area (Å²) in [4.78, 5) is 11.6. The van der Waals surface area contributed by atoms with E-state index in [1.54, 1.807) is 0 Å². The van der Waals surface area contributed by atoms with Crippen LogP contribution in [0.2, 0.25) is 0 Å². The molecular weight excluding hydrogens is 422 g/mol. The zero-order chi connectivity index (χ0) is 23.3. The predicted molar refractivity (Wildman–Crippen MR) is 132 cm³/mol. The zero-order valence-electron chi connectivity index (χ0n) is 19.3. The highest BCUT2D eigenvalue weighted by atomic mass is 16.5. The van der Waals surface area contributed by atoms with Gasteiger partial charge in [0.1, 0.15) is 0 Å². The molecule has 1 N–H and O–H groups in total. The molecule has 4 nitrogen and oxygen atoms in total. The quantitative estimate of drug-likeness (QED) is 0.370. The lowest BCUT2D eigenvalue weighted by atomic mass is 9.92. The molecular formula is C30H27NO3. The summed E-state index contributed by atoms with van der Waals surface area (Å²) in [6.07, 6.45) is 4.63. The Morgan fingerprint density at radius 3 is 2.03 bits per heavy atom. The Kier molecular flexibility index (Phi) is 4.91. The van der Waals surface area contributed by atoms with Gasteiger partial charge in [0.15, 0.2) is 5.76 Å². The van der Waals surface area contributed by atoms with Crippen molar-refractivity contribution in [1.29, 1.82) is 0 Å². The van der Waals surface area contributed by atoms with Crippen molar-refractivity contribution in [2.24, 2.45) is 5.92 Å². The number of aliphatic carboxylic acids is 1. The molecule has 2 aliphatic rings. The van der Waals surface area contributed by atoms with Gasteiger partial charge in [0.25, 0.3) is 0 Å². The van der Waals surface area contributed by atoms with Gasteiger partial charge >= 0.3 is 5.97 Å². The molecule has 0 unspecified atom stereocenters. The number of rotatable bonds is 6. The van der Waals surface area contributed by atoms with Crippen LogP contribution in [0.25, 0.3) is 22.5 Å². The SMILES string of the molecule is Cc1noc(-c2ccc(-c3ccc(C4(C(=O)O)CC4)cc3)cc2)c1CC1Cc2ccccc2C1. The molecule has 1 heterocycles. The van der Waals surface area contributed by atoms with Gasteiger partial charge in [-0.15, -0.1) is 0 Å². The van der Waals surface area contributed by atoms with Crippen LogP contribution < -0.4 is 0 Å². The second-order valence-electron chi connectivity index (χ2n) is 9.86. The van der Waals surface area contributed by atoms with Crippen LogP contribution >= 0.6 is 0 Å². The summed E-state index contributed by atoms with van der Waals surface area (Å²) in [5.41, 5.74) is 8.56. The second-order valence-corrected chi connectivity index (χ2v) is 9.86. The van der Waals surface area contributed by atoms with E-state index in [0.29, 0.717) is 5.92 Å². The number of nitrogens with zero attached hydrogens (tertiary/aromatic N) is 1. The van der Waals surface area contributed by atoms with Crippen molar-refractivity contribution in [3.05, 3.63) is 101 Å².